The summed E-state index contributed by atoms with van der Waals surface area (Å²) in [6.45, 7) is 0. The van der Waals surface area contributed by atoms with Gasteiger partial charge in [0.05, 0.1) is 11.1 Å². The van der Waals surface area contributed by atoms with Crippen LogP contribution < -0.4 is 5.56 Å². The average Bonchev–Trinajstić information content (AvgIpc) is 2.44. The Bertz CT molecular complexity index is 812. The minimum Gasteiger partial charge on any atom is -0.317 e. The highest BCUT2D eigenvalue weighted by Crippen LogP contribution is 2.25. The van der Waals surface area contributed by atoms with Crippen LogP contribution in [0.5, 0.6) is 0 Å². The number of hydrogen-bond donors (Lipinski definition) is 0. The van der Waals surface area contributed by atoms with E-state index in [0.29, 0.717) is 16.5 Å². The fourth-order valence-electron chi connectivity index (χ4n) is 2.09. The van der Waals surface area contributed by atoms with E-state index in [2.05, 4.69) is 9.97 Å². The molecule has 0 aliphatic rings. The average molecular weight is 255 g/mol. The van der Waals surface area contributed by atoms with Crippen LogP contribution in [0.1, 0.15) is 0 Å². The SMILES string of the molecule is Cn1cc(-c2ccncn2)c2ccc(F)cc2c1=O. The molecule has 0 saturated heterocycles. The monoisotopic (exact) mass is 255 g/mol. The van der Waals surface area contributed by atoms with E-state index >= 15 is 0 Å². The summed E-state index contributed by atoms with van der Waals surface area (Å²) in [6.07, 6.45) is 4.77. The van der Waals surface area contributed by atoms with Crippen molar-refractivity contribution in [1.29, 1.82) is 0 Å². The number of halogens is 1. The Morgan fingerprint density at radius 1 is 1.21 bits per heavy atom. The number of pyridine rings is 1. The predicted octanol–water partition coefficient (Wildman–Crippen LogP) is 2.13. The van der Waals surface area contributed by atoms with Gasteiger partial charge in [-0.05, 0) is 23.6 Å². The van der Waals surface area contributed by atoms with Gasteiger partial charge in [-0.3, -0.25) is 4.79 Å². The molecule has 0 amide bonds. The van der Waals surface area contributed by atoms with Crippen molar-refractivity contribution in [2.75, 3.05) is 0 Å². The molecular formula is C14H10FN3O. The van der Waals surface area contributed by atoms with Crippen LogP contribution in [0.15, 0.2) is 47.8 Å². The van der Waals surface area contributed by atoms with E-state index in [-0.39, 0.29) is 5.56 Å². The first-order chi connectivity index (χ1) is 9.16. The van der Waals surface area contributed by atoms with Crippen LogP contribution in [0.3, 0.4) is 0 Å². The second-order valence-electron chi connectivity index (χ2n) is 4.24. The molecule has 2 heterocycles. The molecule has 3 rings (SSSR count). The largest absolute Gasteiger partial charge is 0.317 e. The van der Waals surface area contributed by atoms with Crippen molar-refractivity contribution < 1.29 is 4.39 Å². The number of nitrogens with zero attached hydrogens (tertiary/aromatic N) is 3. The maximum absolute atomic E-state index is 13.3. The van der Waals surface area contributed by atoms with E-state index in [1.807, 2.05) is 0 Å². The molecule has 3 aromatic rings. The normalized spacial score (nSPS) is 10.8. The number of aryl methyl sites for hydroxylation is 1. The van der Waals surface area contributed by atoms with Crippen molar-refractivity contribution in [3.8, 4) is 11.3 Å². The standard InChI is InChI=1S/C14H10FN3O/c1-18-7-12(13-4-5-16-8-17-13)10-3-2-9(15)6-11(10)14(18)19/h2-8H,1H3. The summed E-state index contributed by atoms with van der Waals surface area (Å²) >= 11 is 0. The van der Waals surface area contributed by atoms with Gasteiger partial charge in [-0.25, -0.2) is 14.4 Å². The third-order valence-electron chi connectivity index (χ3n) is 3.00. The van der Waals surface area contributed by atoms with Crippen LogP contribution in [0.4, 0.5) is 4.39 Å². The molecule has 0 N–H and O–H groups in total. The van der Waals surface area contributed by atoms with Crippen molar-refractivity contribution in [2.24, 2.45) is 7.05 Å². The van der Waals surface area contributed by atoms with Crippen molar-refractivity contribution in [1.82, 2.24) is 14.5 Å². The van der Waals surface area contributed by atoms with E-state index in [1.165, 1.54) is 23.0 Å². The summed E-state index contributed by atoms with van der Waals surface area (Å²) in [5.74, 6) is -0.426. The quantitative estimate of drug-likeness (QED) is 0.669. The lowest BCUT2D eigenvalue weighted by atomic mass is 10.0. The number of aromatic nitrogens is 3. The van der Waals surface area contributed by atoms with Gasteiger partial charge in [0.2, 0.25) is 0 Å². The molecular weight excluding hydrogens is 245 g/mol. The van der Waals surface area contributed by atoms with Crippen LogP contribution in [-0.2, 0) is 7.05 Å². The van der Waals surface area contributed by atoms with Gasteiger partial charge in [0.1, 0.15) is 12.1 Å². The number of benzene rings is 1. The molecule has 1 aromatic carbocycles. The Morgan fingerprint density at radius 3 is 2.79 bits per heavy atom. The lowest BCUT2D eigenvalue weighted by Crippen LogP contribution is -2.16. The highest BCUT2D eigenvalue weighted by Gasteiger charge is 2.10. The molecule has 0 bridgehead atoms. The molecule has 5 heteroatoms. The Morgan fingerprint density at radius 2 is 2.05 bits per heavy atom. The third-order valence-corrected chi connectivity index (χ3v) is 3.00. The molecule has 0 aliphatic heterocycles. The minimum atomic E-state index is -0.426. The first kappa shape index (κ1) is 11.5. The Kier molecular flexibility index (Phi) is 2.59. The smallest absolute Gasteiger partial charge is 0.258 e. The molecule has 0 fully saturated rings. The Labute approximate surface area is 108 Å². The van der Waals surface area contributed by atoms with Gasteiger partial charge in [0, 0.05) is 25.0 Å². The van der Waals surface area contributed by atoms with E-state index in [4.69, 9.17) is 0 Å². The maximum atomic E-state index is 13.3. The van der Waals surface area contributed by atoms with E-state index in [9.17, 15) is 9.18 Å². The number of hydrogen-bond acceptors (Lipinski definition) is 3. The van der Waals surface area contributed by atoms with Crippen LogP contribution in [-0.4, -0.2) is 14.5 Å². The van der Waals surface area contributed by atoms with E-state index in [1.54, 1.807) is 31.6 Å². The summed E-state index contributed by atoms with van der Waals surface area (Å²) in [4.78, 5) is 20.1. The van der Waals surface area contributed by atoms with Crippen LogP contribution in [0, 0.1) is 5.82 Å². The highest BCUT2D eigenvalue weighted by molar-refractivity contribution is 5.94. The summed E-state index contributed by atoms with van der Waals surface area (Å²) in [5.41, 5.74) is 1.24. The van der Waals surface area contributed by atoms with Gasteiger partial charge in [0.25, 0.3) is 5.56 Å². The number of rotatable bonds is 1. The Balaban J connectivity index is 2.44. The first-order valence-corrected chi connectivity index (χ1v) is 5.72. The van der Waals surface area contributed by atoms with Crippen LogP contribution >= 0.6 is 0 Å². The second kappa shape index (κ2) is 4.28. The van der Waals surface area contributed by atoms with Crippen molar-refractivity contribution in [3.05, 3.63) is 59.2 Å². The zero-order chi connectivity index (χ0) is 13.4. The van der Waals surface area contributed by atoms with Gasteiger partial charge in [-0.2, -0.15) is 0 Å². The van der Waals surface area contributed by atoms with Crippen molar-refractivity contribution >= 4 is 10.8 Å². The minimum absolute atomic E-state index is 0.229. The molecule has 94 valence electrons. The molecule has 4 nitrogen and oxygen atoms in total. The van der Waals surface area contributed by atoms with Crippen molar-refractivity contribution in [2.45, 2.75) is 0 Å². The molecule has 2 aromatic heterocycles. The molecule has 19 heavy (non-hydrogen) atoms. The molecule has 0 unspecified atom stereocenters. The lowest BCUT2D eigenvalue weighted by molar-refractivity contribution is 0.629. The van der Waals surface area contributed by atoms with Crippen molar-refractivity contribution in [3.63, 3.8) is 0 Å². The maximum Gasteiger partial charge on any atom is 0.258 e. The zero-order valence-corrected chi connectivity index (χ0v) is 10.2. The Hall–Kier alpha value is -2.56. The molecule has 0 spiro atoms. The van der Waals surface area contributed by atoms with E-state index in [0.717, 1.165) is 5.56 Å². The number of fused-ring (bicyclic) bond motifs is 1. The predicted molar refractivity (Wildman–Crippen MR) is 70.2 cm³/mol. The summed E-state index contributed by atoms with van der Waals surface area (Å²) in [7, 11) is 1.64. The fraction of sp³-hybridized carbons (Fsp3) is 0.0714. The topological polar surface area (TPSA) is 47.8 Å². The van der Waals surface area contributed by atoms with Crippen LogP contribution in [0.2, 0.25) is 0 Å². The fourth-order valence-corrected chi connectivity index (χ4v) is 2.09. The zero-order valence-electron chi connectivity index (χ0n) is 10.2. The lowest BCUT2D eigenvalue weighted by Gasteiger charge is -2.08. The molecule has 0 radical (unpaired) electrons. The summed E-state index contributed by atoms with van der Waals surface area (Å²) in [6, 6.07) is 5.95. The summed E-state index contributed by atoms with van der Waals surface area (Å²) < 4.78 is 14.7. The van der Waals surface area contributed by atoms with Gasteiger partial charge in [-0.15, -0.1) is 0 Å². The molecule has 0 atom stereocenters. The van der Waals surface area contributed by atoms with Gasteiger partial charge < -0.3 is 4.57 Å². The highest BCUT2D eigenvalue weighted by atomic mass is 19.1. The van der Waals surface area contributed by atoms with Gasteiger partial charge >= 0.3 is 0 Å². The van der Waals surface area contributed by atoms with Crippen LogP contribution in [0.25, 0.3) is 22.0 Å². The first-order valence-electron chi connectivity index (χ1n) is 5.72. The summed E-state index contributed by atoms with van der Waals surface area (Å²) in [5, 5.41) is 1.03. The van der Waals surface area contributed by atoms with Gasteiger partial charge in [0.15, 0.2) is 0 Å². The molecule has 0 saturated carbocycles. The third kappa shape index (κ3) is 1.89. The van der Waals surface area contributed by atoms with Gasteiger partial charge in [-0.1, -0.05) is 6.07 Å². The second-order valence-corrected chi connectivity index (χ2v) is 4.24. The van der Waals surface area contributed by atoms with E-state index < -0.39 is 5.82 Å². The molecule has 0 aliphatic carbocycles.